The van der Waals surface area contributed by atoms with Crippen molar-refractivity contribution in [2.24, 2.45) is 10.2 Å². The van der Waals surface area contributed by atoms with Crippen LogP contribution in [0.2, 0.25) is 0 Å². The van der Waals surface area contributed by atoms with Gasteiger partial charge in [0.15, 0.2) is 0 Å². The molecule has 2 amide bonds. The number of carbonyl (C=O) groups is 2. The molecule has 0 unspecified atom stereocenters. The minimum atomic E-state index is -0.330. The first kappa shape index (κ1) is 23.9. The average Bonchev–Trinajstić information content (AvgIpc) is 2.76. The Kier molecular flexibility index (Phi) is 9.48. The van der Waals surface area contributed by atoms with Crippen molar-refractivity contribution in [2.45, 2.75) is 46.0 Å². The Bertz CT molecular complexity index is 862. The highest BCUT2D eigenvalue weighted by atomic mass is 19.1. The molecule has 0 saturated heterocycles. The van der Waals surface area contributed by atoms with Crippen molar-refractivity contribution in [2.75, 3.05) is 0 Å². The first-order valence-corrected chi connectivity index (χ1v) is 10.0. The fraction of sp³-hybridized carbons (Fsp3) is 0.304. The molecular weight excluding hydrogens is 402 g/mol. The molecular formula is C23H26F2N4O2. The molecule has 0 atom stereocenters. The van der Waals surface area contributed by atoms with Crippen molar-refractivity contribution in [1.29, 1.82) is 0 Å². The molecule has 2 N–H and O–H groups in total. The summed E-state index contributed by atoms with van der Waals surface area (Å²) < 4.78 is 25.8. The molecule has 0 spiro atoms. The van der Waals surface area contributed by atoms with Crippen LogP contribution in [0.15, 0.2) is 58.7 Å². The molecule has 31 heavy (non-hydrogen) atoms. The van der Waals surface area contributed by atoms with Gasteiger partial charge in [-0.1, -0.05) is 30.7 Å². The van der Waals surface area contributed by atoms with Crippen molar-refractivity contribution >= 4 is 23.2 Å². The second-order valence-corrected chi connectivity index (χ2v) is 7.04. The summed E-state index contributed by atoms with van der Waals surface area (Å²) in [5.74, 6) is -1.09. The van der Waals surface area contributed by atoms with E-state index >= 15 is 0 Å². The average molecular weight is 428 g/mol. The molecule has 8 heteroatoms. The molecule has 0 heterocycles. The number of nitrogens with zero attached hydrogens (tertiary/aromatic N) is 2. The first-order chi connectivity index (χ1) is 14.8. The van der Waals surface area contributed by atoms with Crippen molar-refractivity contribution in [3.8, 4) is 0 Å². The molecule has 2 aromatic carbocycles. The molecule has 0 fully saturated rings. The number of hydrazone groups is 2. The Morgan fingerprint density at radius 2 is 1.03 bits per heavy atom. The van der Waals surface area contributed by atoms with Gasteiger partial charge in [-0.15, -0.1) is 0 Å². The smallest absolute Gasteiger partial charge is 0.240 e. The summed E-state index contributed by atoms with van der Waals surface area (Å²) >= 11 is 0. The van der Waals surface area contributed by atoms with Gasteiger partial charge in [0, 0.05) is 12.8 Å². The van der Waals surface area contributed by atoms with E-state index in [-0.39, 0.29) is 23.4 Å². The molecule has 2 aromatic rings. The zero-order valence-electron chi connectivity index (χ0n) is 17.6. The Morgan fingerprint density at radius 1 is 0.677 bits per heavy atom. The largest absolute Gasteiger partial charge is 0.273 e. The Morgan fingerprint density at radius 3 is 1.39 bits per heavy atom. The first-order valence-electron chi connectivity index (χ1n) is 10.0. The third-order valence-corrected chi connectivity index (χ3v) is 4.53. The van der Waals surface area contributed by atoms with Gasteiger partial charge in [0.25, 0.3) is 0 Å². The highest BCUT2D eigenvalue weighted by Gasteiger charge is 2.05. The summed E-state index contributed by atoms with van der Waals surface area (Å²) in [7, 11) is 0. The van der Waals surface area contributed by atoms with Crippen LogP contribution in [0.4, 0.5) is 8.78 Å². The van der Waals surface area contributed by atoms with E-state index in [0.717, 1.165) is 11.1 Å². The molecule has 164 valence electrons. The minimum Gasteiger partial charge on any atom is -0.273 e. The number of benzene rings is 2. The van der Waals surface area contributed by atoms with Crippen LogP contribution in [0.25, 0.3) is 0 Å². The standard InChI is InChI=1S/C23H26F2N4O2/c1-16(18-8-12-20(24)13-9-18)26-28-22(30)6-4-3-5-7-23(31)29-27-17(2)19-10-14-21(25)15-11-19/h8-15H,3-7H2,1-2H3,(H,28,30)(H,29,31). The Balaban J connectivity index is 1.61. The maximum atomic E-state index is 12.9. The highest BCUT2D eigenvalue weighted by Crippen LogP contribution is 2.06. The zero-order chi connectivity index (χ0) is 22.6. The van der Waals surface area contributed by atoms with Crippen molar-refractivity contribution in [3.05, 3.63) is 71.3 Å². The van der Waals surface area contributed by atoms with Gasteiger partial charge < -0.3 is 0 Å². The number of amides is 2. The van der Waals surface area contributed by atoms with Crippen LogP contribution in [0.5, 0.6) is 0 Å². The van der Waals surface area contributed by atoms with Gasteiger partial charge >= 0.3 is 0 Å². The molecule has 0 bridgehead atoms. The van der Waals surface area contributed by atoms with Gasteiger partial charge in [-0.25, -0.2) is 19.6 Å². The van der Waals surface area contributed by atoms with E-state index in [1.54, 1.807) is 38.1 Å². The Labute approximate surface area is 180 Å². The Hall–Kier alpha value is -3.42. The molecule has 0 aromatic heterocycles. The summed E-state index contributed by atoms with van der Waals surface area (Å²) in [6, 6.07) is 11.7. The summed E-state index contributed by atoms with van der Waals surface area (Å²) in [6.07, 6.45) is 2.56. The summed E-state index contributed by atoms with van der Waals surface area (Å²) in [5, 5.41) is 8.03. The van der Waals surface area contributed by atoms with Gasteiger partial charge in [-0.05, 0) is 62.1 Å². The molecule has 0 radical (unpaired) electrons. The summed E-state index contributed by atoms with van der Waals surface area (Å²) in [5.41, 5.74) is 7.59. The van der Waals surface area contributed by atoms with Gasteiger partial charge in [0.2, 0.25) is 11.8 Å². The van der Waals surface area contributed by atoms with Crippen LogP contribution in [0.3, 0.4) is 0 Å². The predicted molar refractivity (Wildman–Crippen MR) is 117 cm³/mol. The number of nitrogens with one attached hydrogen (secondary N) is 2. The molecule has 0 saturated carbocycles. The van der Waals surface area contributed by atoms with Crippen molar-refractivity contribution in [1.82, 2.24) is 10.9 Å². The van der Waals surface area contributed by atoms with Crippen molar-refractivity contribution in [3.63, 3.8) is 0 Å². The van der Waals surface area contributed by atoms with Crippen LogP contribution >= 0.6 is 0 Å². The lowest BCUT2D eigenvalue weighted by atomic mass is 10.1. The number of hydrogen-bond donors (Lipinski definition) is 2. The van der Waals surface area contributed by atoms with E-state index in [2.05, 4.69) is 21.1 Å². The van der Waals surface area contributed by atoms with Gasteiger partial charge in [-0.2, -0.15) is 10.2 Å². The zero-order valence-corrected chi connectivity index (χ0v) is 17.6. The van der Waals surface area contributed by atoms with E-state index < -0.39 is 0 Å². The van der Waals surface area contributed by atoms with Crippen LogP contribution in [-0.4, -0.2) is 23.2 Å². The van der Waals surface area contributed by atoms with Gasteiger partial charge in [-0.3, -0.25) is 9.59 Å². The number of halogens is 2. The maximum Gasteiger partial charge on any atom is 0.240 e. The lowest BCUT2D eigenvalue weighted by Crippen LogP contribution is -2.19. The van der Waals surface area contributed by atoms with Gasteiger partial charge in [0.1, 0.15) is 11.6 Å². The lowest BCUT2D eigenvalue weighted by Gasteiger charge is -2.04. The fourth-order valence-corrected chi connectivity index (χ4v) is 2.66. The molecule has 0 aliphatic rings. The van der Waals surface area contributed by atoms with E-state index in [1.165, 1.54) is 24.3 Å². The number of unbranched alkanes of at least 4 members (excludes halogenated alkanes) is 2. The van der Waals surface area contributed by atoms with E-state index in [9.17, 15) is 18.4 Å². The number of rotatable bonds is 10. The molecule has 2 rings (SSSR count). The SMILES string of the molecule is CC(=NNC(=O)CCCCCC(=O)NN=C(C)c1ccc(F)cc1)c1ccc(F)cc1. The van der Waals surface area contributed by atoms with Gasteiger partial charge in [0.05, 0.1) is 11.4 Å². The third-order valence-electron chi connectivity index (χ3n) is 4.53. The van der Waals surface area contributed by atoms with E-state index in [1.807, 2.05) is 0 Å². The summed E-state index contributed by atoms with van der Waals surface area (Å²) in [4.78, 5) is 23.7. The van der Waals surface area contributed by atoms with Crippen LogP contribution < -0.4 is 10.9 Å². The predicted octanol–water partition coefficient (Wildman–Crippen LogP) is 4.30. The minimum absolute atomic E-state index is 0.217. The second-order valence-electron chi connectivity index (χ2n) is 7.04. The van der Waals surface area contributed by atoms with Crippen LogP contribution in [-0.2, 0) is 9.59 Å². The van der Waals surface area contributed by atoms with E-state index in [4.69, 9.17) is 0 Å². The molecule has 6 nitrogen and oxygen atoms in total. The van der Waals surface area contributed by atoms with Crippen LogP contribution in [0, 0.1) is 11.6 Å². The quantitative estimate of drug-likeness (QED) is 0.336. The molecule has 0 aliphatic heterocycles. The third kappa shape index (κ3) is 8.86. The number of carbonyl (C=O) groups excluding carboxylic acids is 2. The monoisotopic (exact) mass is 428 g/mol. The second kappa shape index (κ2) is 12.3. The maximum absolute atomic E-state index is 12.9. The topological polar surface area (TPSA) is 82.9 Å². The van der Waals surface area contributed by atoms with Crippen LogP contribution in [0.1, 0.15) is 57.1 Å². The summed E-state index contributed by atoms with van der Waals surface area (Å²) in [6.45, 7) is 3.46. The molecule has 0 aliphatic carbocycles. The van der Waals surface area contributed by atoms with E-state index in [0.29, 0.717) is 43.5 Å². The number of hydrogen-bond acceptors (Lipinski definition) is 4. The lowest BCUT2D eigenvalue weighted by molar-refractivity contribution is -0.121. The highest BCUT2D eigenvalue weighted by molar-refractivity contribution is 5.99. The van der Waals surface area contributed by atoms with Crippen molar-refractivity contribution < 1.29 is 18.4 Å². The normalized spacial score (nSPS) is 11.9. The fourth-order valence-electron chi connectivity index (χ4n) is 2.66.